The zero-order chi connectivity index (χ0) is 18.7. The maximum absolute atomic E-state index is 5.99. The van der Waals surface area contributed by atoms with Crippen molar-refractivity contribution in [2.45, 2.75) is 65.5 Å². The van der Waals surface area contributed by atoms with E-state index in [-0.39, 0.29) is 0 Å². The second-order valence-electron chi connectivity index (χ2n) is 8.91. The van der Waals surface area contributed by atoms with Crippen LogP contribution in [0.3, 0.4) is 0 Å². The molecular weight excluding hydrogens is 340 g/mol. The van der Waals surface area contributed by atoms with Gasteiger partial charge in [0.15, 0.2) is 0 Å². The lowest BCUT2D eigenvalue weighted by atomic mass is 10.00. The summed E-state index contributed by atoms with van der Waals surface area (Å²) in [5.41, 5.74) is 2.33. The average molecular weight is 375 g/mol. The Morgan fingerprint density at radius 2 is 2.08 bits per heavy atom. The lowest BCUT2D eigenvalue weighted by Gasteiger charge is -2.32. The Hall–Kier alpha value is -1.40. The number of aryl methyl sites for hydroxylation is 1. The lowest BCUT2D eigenvalue weighted by molar-refractivity contribution is 0.0898. The highest BCUT2D eigenvalue weighted by Crippen LogP contribution is 2.31. The first kappa shape index (κ1) is 19.4. The highest BCUT2D eigenvalue weighted by molar-refractivity contribution is 6.76. The van der Waals surface area contributed by atoms with Crippen LogP contribution < -0.4 is 4.90 Å². The molecule has 0 saturated carbocycles. The third kappa shape index (κ3) is 4.46. The maximum atomic E-state index is 5.99. The summed E-state index contributed by atoms with van der Waals surface area (Å²) in [4.78, 5) is 11.7. The minimum atomic E-state index is -1.06. The van der Waals surface area contributed by atoms with Gasteiger partial charge in [0.1, 0.15) is 24.5 Å². The summed E-state index contributed by atoms with van der Waals surface area (Å²) in [5.74, 6) is 1.84. The topological polar surface area (TPSA) is 43.2 Å². The maximum Gasteiger partial charge on any atom is 0.147 e. The molecule has 0 radical (unpaired) electrons. The molecule has 0 N–H and O–H groups in total. The molecule has 1 fully saturated rings. The molecule has 0 aliphatic carbocycles. The third-order valence-corrected chi connectivity index (χ3v) is 6.98. The minimum Gasteiger partial charge on any atom is -0.361 e. The van der Waals surface area contributed by atoms with Gasteiger partial charge >= 0.3 is 0 Å². The molecule has 3 heterocycles. The number of aromatic nitrogens is 3. The van der Waals surface area contributed by atoms with Crippen LogP contribution in [0.5, 0.6) is 0 Å². The molecule has 0 amide bonds. The Labute approximate surface area is 158 Å². The van der Waals surface area contributed by atoms with E-state index in [9.17, 15) is 0 Å². The molecule has 1 aliphatic rings. The summed E-state index contributed by atoms with van der Waals surface area (Å²) in [7, 11) is -1.06. The summed E-state index contributed by atoms with van der Waals surface area (Å²) in [6, 6.07) is 1.19. The van der Waals surface area contributed by atoms with Gasteiger partial charge < -0.3 is 14.2 Å². The smallest absolute Gasteiger partial charge is 0.147 e. The Morgan fingerprint density at radius 1 is 1.27 bits per heavy atom. The minimum absolute atomic E-state index is 0.577. The van der Waals surface area contributed by atoms with Crippen molar-refractivity contribution in [2.75, 3.05) is 24.6 Å². The normalized spacial score (nSPS) is 18.7. The fraction of sp³-hybridized carbons (Fsp3) is 0.700. The van der Waals surface area contributed by atoms with Gasteiger partial charge in [-0.3, -0.25) is 0 Å². The van der Waals surface area contributed by atoms with Gasteiger partial charge in [-0.05, 0) is 36.8 Å². The molecule has 0 aromatic carbocycles. The number of ether oxygens (including phenoxy) is 1. The van der Waals surface area contributed by atoms with Crippen molar-refractivity contribution in [3.05, 3.63) is 18.1 Å². The molecule has 144 valence electrons. The summed E-state index contributed by atoms with van der Waals surface area (Å²) in [5, 5.41) is 1.22. The van der Waals surface area contributed by atoms with Gasteiger partial charge in [0, 0.05) is 34.0 Å². The van der Waals surface area contributed by atoms with E-state index in [2.05, 4.69) is 59.1 Å². The van der Waals surface area contributed by atoms with E-state index in [1.54, 1.807) is 6.33 Å². The third-order valence-electron chi connectivity index (χ3n) is 5.28. The Kier molecular flexibility index (Phi) is 6.02. The molecule has 1 saturated heterocycles. The first-order chi connectivity index (χ1) is 12.4. The van der Waals surface area contributed by atoms with Gasteiger partial charge in [-0.2, -0.15) is 0 Å². The van der Waals surface area contributed by atoms with Crippen molar-refractivity contribution >= 4 is 24.9 Å². The van der Waals surface area contributed by atoms with Crippen LogP contribution in [0, 0.1) is 5.92 Å². The molecule has 2 aromatic rings. The lowest BCUT2D eigenvalue weighted by Crippen LogP contribution is -2.35. The van der Waals surface area contributed by atoms with Gasteiger partial charge in [-0.25, -0.2) is 9.97 Å². The van der Waals surface area contributed by atoms with Crippen LogP contribution in [0.2, 0.25) is 25.7 Å². The largest absolute Gasteiger partial charge is 0.361 e. The van der Waals surface area contributed by atoms with Crippen LogP contribution in [0.15, 0.2) is 12.5 Å². The second kappa shape index (κ2) is 8.09. The number of rotatable bonds is 7. The van der Waals surface area contributed by atoms with E-state index < -0.39 is 8.07 Å². The monoisotopic (exact) mass is 374 g/mol. The molecule has 1 aliphatic heterocycles. The Bertz CT molecular complexity index is 737. The first-order valence-electron chi connectivity index (χ1n) is 10.0. The molecule has 1 atom stereocenters. The molecule has 5 nitrogen and oxygen atoms in total. The van der Waals surface area contributed by atoms with E-state index in [1.165, 1.54) is 29.8 Å². The van der Waals surface area contributed by atoms with Crippen molar-refractivity contribution in [2.24, 2.45) is 5.92 Å². The van der Waals surface area contributed by atoms with E-state index >= 15 is 0 Å². The van der Waals surface area contributed by atoms with Crippen molar-refractivity contribution in [1.29, 1.82) is 0 Å². The van der Waals surface area contributed by atoms with Crippen LogP contribution in [0.25, 0.3) is 11.0 Å². The predicted octanol–water partition coefficient (Wildman–Crippen LogP) is 4.54. The van der Waals surface area contributed by atoms with Crippen LogP contribution in [-0.2, 0) is 17.9 Å². The van der Waals surface area contributed by atoms with Crippen LogP contribution in [0.1, 0.15) is 32.3 Å². The van der Waals surface area contributed by atoms with Gasteiger partial charge in [0.2, 0.25) is 0 Å². The fourth-order valence-corrected chi connectivity index (χ4v) is 4.47. The number of nitrogens with zero attached hydrogens (tertiary/aromatic N) is 4. The zero-order valence-corrected chi connectivity index (χ0v) is 18.1. The molecule has 0 bridgehead atoms. The molecular formula is C20H34N4OSi. The highest BCUT2D eigenvalue weighted by atomic mass is 28.3. The summed E-state index contributed by atoms with van der Waals surface area (Å²) >= 11 is 0. The molecule has 0 spiro atoms. The number of hydrogen-bond acceptors (Lipinski definition) is 4. The van der Waals surface area contributed by atoms with Crippen molar-refractivity contribution in [1.82, 2.24) is 14.5 Å². The SMILES string of the molecule is CCc1cn(COCC[Si](C)(C)C)c2ncnc(N3CCCC(C)C3)c12. The number of anilines is 1. The standard InChI is InChI=1S/C20H34N4OSi/c1-6-17-13-24(15-25-10-11-26(3,4)5)20-18(17)19(21-14-22-20)23-9-7-8-16(2)12-23/h13-14,16H,6-12,15H2,1-5H3. The van der Waals surface area contributed by atoms with Gasteiger partial charge in [-0.15, -0.1) is 0 Å². The van der Waals surface area contributed by atoms with Crippen LogP contribution >= 0.6 is 0 Å². The van der Waals surface area contributed by atoms with Crippen molar-refractivity contribution in [3.8, 4) is 0 Å². The van der Waals surface area contributed by atoms with Crippen LogP contribution in [0.4, 0.5) is 5.82 Å². The van der Waals surface area contributed by atoms with E-state index in [0.29, 0.717) is 6.73 Å². The molecule has 6 heteroatoms. The quantitative estimate of drug-likeness (QED) is 0.527. The van der Waals surface area contributed by atoms with Crippen molar-refractivity contribution in [3.63, 3.8) is 0 Å². The Balaban J connectivity index is 1.84. The molecule has 2 aromatic heterocycles. The van der Waals surface area contributed by atoms with Gasteiger partial charge in [0.25, 0.3) is 0 Å². The summed E-state index contributed by atoms with van der Waals surface area (Å²) in [6.07, 6.45) is 7.48. The van der Waals surface area contributed by atoms with E-state index in [1.807, 2.05) is 0 Å². The van der Waals surface area contributed by atoms with Crippen LogP contribution in [-0.4, -0.2) is 42.3 Å². The number of piperidine rings is 1. The number of fused-ring (bicyclic) bond motifs is 1. The molecule has 26 heavy (non-hydrogen) atoms. The predicted molar refractivity (Wildman–Crippen MR) is 112 cm³/mol. The average Bonchev–Trinajstić information content (AvgIpc) is 2.96. The van der Waals surface area contributed by atoms with Gasteiger partial charge in [0.05, 0.1) is 5.39 Å². The number of hydrogen-bond donors (Lipinski definition) is 0. The van der Waals surface area contributed by atoms with E-state index in [4.69, 9.17) is 4.74 Å². The van der Waals surface area contributed by atoms with Crippen molar-refractivity contribution < 1.29 is 4.74 Å². The summed E-state index contributed by atoms with van der Waals surface area (Å²) < 4.78 is 8.15. The van der Waals surface area contributed by atoms with Gasteiger partial charge in [-0.1, -0.05) is 33.5 Å². The fourth-order valence-electron chi connectivity index (χ4n) is 3.72. The molecule has 1 unspecified atom stereocenters. The molecule has 3 rings (SSSR count). The highest BCUT2D eigenvalue weighted by Gasteiger charge is 2.22. The first-order valence-corrected chi connectivity index (χ1v) is 13.7. The van der Waals surface area contributed by atoms with E-state index in [0.717, 1.165) is 43.5 Å². The summed E-state index contributed by atoms with van der Waals surface area (Å²) in [6.45, 7) is 15.3. The Morgan fingerprint density at radius 3 is 2.77 bits per heavy atom. The second-order valence-corrected chi connectivity index (χ2v) is 14.5. The zero-order valence-electron chi connectivity index (χ0n) is 17.1.